The van der Waals surface area contributed by atoms with E-state index in [-0.39, 0.29) is 11.2 Å². The Morgan fingerprint density at radius 2 is 1.96 bits per heavy atom. The zero-order valence-electron chi connectivity index (χ0n) is 15.8. The Kier molecular flexibility index (Phi) is 5.02. The number of carbonyl (C=O) groups excluding carboxylic acids is 1. The summed E-state index contributed by atoms with van der Waals surface area (Å²) < 4.78 is 0. The molecule has 0 bridgehead atoms. The van der Waals surface area contributed by atoms with Gasteiger partial charge < -0.3 is 5.73 Å². The number of nitriles is 1. The highest BCUT2D eigenvalue weighted by Crippen LogP contribution is 2.50. The highest BCUT2D eigenvalue weighted by Gasteiger charge is 2.45. The maximum atomic E-state index is 13.2. The number of ketones is 1. The molecule has 1 heterocycles. The van der Waals surface area contributed by atoms with E-state index >= 15 is 0 Å². The minimum Gasteiger partial charge on any atom is -0.383 e. The molecule has 1 aromatic carbocycles. The van der Waals surface area contributed by atoms with Gasteiger partial charge in [-0.3, -0.25) is 9.80 Å². The number of benzene rings is 1. The number of Topliss-reactive ketones (excluding diaryl/α,β-unsaturated/α-hetero) is 1. The first-order chi connectivity index (χ1) is 12.6. The van der Waals surface area contributed by atoms with E-state index in [1.165, 1.54) is 0 Å². The van der Waals surface area contributed by atoms with Gasteiger partial charge in [-0.15, -0.1) is 0 Å². The third-order valence-electron chi connectivity index (χ3n) is 5.03. The molecule has 2 N–H and O–H groups in total. The standard InChI is InChI=1S/C20H22Cl2N4O/c1-20(2)8-15-18(16(27)9-20)17(12-6-5-11(21)7-14(12)22)13(10-23)19(24)26(15)25(3)4/h5-7,17H,8-9,24H2,1-4H3/t17-/m1/s1. The van der Waals surface area contributed by atoms with E-state index in [4.69, 9.17) is 28.9 Å². The van der Waals surface area contributed by atoms with Crippen molar-refractivity contribution in [2.24, 2.45) is 11.1 Å². The zero-order chi connectivity index (χ0) is 20.1. The Bertz CT molecular complexity index is 924. The molecule has 0 fully saturated rings. The van der Waals surface area contributed by atoms with Crippen molar-refractivity contribution in [2.75, 3.05) is 14.1 Å². The molecule has 0 saturated heterocycles. The Labute approximate surface area is 169 Å². The molecule has 5 nitrogen and oxygen atoms in total. The van der Waals surface area contributed by atoms with E-state index in [1.54, 1.807) is 28.2 Å². The van der Waals surface area contributed by atoms with Crippen LogP contribution in [0.1, 0.15) is 38.2 Å². The summed E-state index contributed by atoms with van der Waals surface area (Å²) in [5.41, 5.74) is 8.63. The fraction of sp³-hybridized carbons (Fsp3) is 0.400. The predicted octanol–water partition coefficient (Wildman–Crippen LogP) is 4.21. The van der Waals surface area contributed by atoms with Gasteiger partial charge in [-0.05, 0) is 29.5 Å². The van der Waals surface area contributed by atoms with Crippen molar-refractivity contribution < 1.29 is 4.79 Å². The minimum absolute atomic E-state index is 0.0179. The van der Waals surface area contributed by atoms with Gasteiger partial charge in [0.25, 0.3) is 0 Å². The zero-order valence-corrected chi connectivity index (χ0v) is 17.3. The second kappa shape index (κ2) is 6.87. The molecule has 1 atom stereocenters. The number of hydrazine groups is 1. The van der Waals surface area contributed by atoms with Crippen LogP contribution in [-0.2, 0) is 4.79 Å². The summed E-state index contributed by atoms with van der Waals surface area (Å²) in [5, 5.41) is 14.4. The largest absolute Gasteiger partial charge is 0.383 e. The molecule has 0 saturated carbocycles. The number of carbonyl (C=O) groups is 1. The molecule has 27 heavy (non-hydrogen) atoms. The first-order valence-corrected chi connectivity index (χ1v) is 9.41. The van der Waals surface area contributed by atoms with Gasteiger partial charge in [-0.1, -0.05) is 43.1 Å². The summed E-state index contributed by atoms with van der Waals surface area (Å²) in [6.07, 6.45) is 1.08. The fourth-order valence-corrected chi connectivity index (χ4v) is 4.51. The monoisotopic (exact) mass is 404 g/mol. The Hall–Kier alpha value is -2.00. The van der Waals surface area contributed by atoms with Crippen LogP contribution < -0.4 is 5.73 Å². The minimum atomic E-state index is -0.588. The molecule has 142 valence electrons. The molecular formula is C20H22Cl2N4O. The van der Waals surface area contributed by atoms with Crippen molar-refractivity contribution in [1.82, 2.24) is 10.0 Å². The number of hydrogen-bond donors (Lipinski definition) is 1. The first kappa shape index (κ1) is 19.8. The Balaban J connectivity index is 2.32. The highest BCUT2D eigenvalue weighted by atomic mass is 35.5. The molecule has 0 amide bonds. The summed E-state index contributed by atoms with van der Waals surface area (Å²) >= 11 is 12.5. The second-order valence-corrected chi connectivity index (χ2v) is 8.81. The molecule has 0 aromatic heterocycles. The van der Waals surface area contributed by atoms with Gasteiger partial charge in [-0.25, -0.2) is 5.01 Å². The Morgan fingerprint density at radius 1 is 1.30 bits per heavy atom. The van der Waals surface area contributed by atoms with E-state index < -0.39 is 5.92 Å². The molecule has 0 unspecified atom stereocenters. The SMILES string of the molecule is CN(C)N1C(N)=C(C#N)[C@@H](c2ccc(Cl)cc2Cl)C2=C1CC(C)(C)CC2=O. The van der Waals surface area contributed by atoms with Gasteiger partial charge in [-0.2, -0.15) is 5.26 Å². The van der Waals surface area contributed by atoms with Crippen LogP contribution in [0.25, 0.3) is 0 Å². The molecule has 0 spiro atoms. The number of hydrogen-bond acceptors (Lipinski definition) is 5. The van der Waals surface area contributed by atoms with Crippen LogP contribution in [0, 0.1) is 16.7 Å². The van der Waals surface area contributed by atoms with Gasteiger partial charge in [0.05, 0.1) is 17.6 Å². The first-order valence-electron chi connectivity index (χ1n) is 8.65. The molecule has 1 aliphatic heterocycles. The van der Waals surface area contributed by atoms with Crippen molar-refractivity contribution in [3.05, 3.63) is 56.5 Å². The topological polar surface area (TPSA) is 73.4 Å². The molecule has 2 aliphatic rings. The summed E-state index contributed by atoms with van der Waals surface area (Å²) in [7, 11) is 3.68. The average Bonchev–Trinajstić information content (AvgIpc) is 2.52. The smallest absolute Gasteiger partial charge is 0.162 e. The quantitative estimate of drug-likeness (QED) is 0.798. The third kappa shape index (κ3) is 3.34. The number of nitrogens with two attached hydrogens (primary N) is 1. The normalized spacial score (nSPS) is 22.2. The van der Waals surface area contributed by atoms with Gasteiger partial charge in [0, 0.05) is 41.8 Å². The predicted molar refractivity (Wildman–Crippen MR) is 107 cm³/mol. The number of rotatable bonds is 2. The number of nitrogens with zero attached hydrogens (tertiary/aromatic N) is 3. The fourth-order valence-electron chi connectivity index (χ4n) is 4.00. The van der Waals surface area contributed by atoms with Crippen LogP contribution in [0.15, 0.2) is 40.9 Å². The van der Waals surface area contributed by atoms with Gasteiger partial charge >= 0.3 is 0 Å². The lowest BCUT2D eigenvalue weighted by molar-refractivity contribution is -0.119. The summed E-state index contributed by atoms with van der Waals surface area (Å²) in [6.45, 7) is 4.12. The summed E-state index contributed by atoms with van der Waals surface area (Å²) in [5.74, 6) is -0.248. The lowest BCUT2D eigenvalue weighted by Crippen LogP contribution is -2.47. The molecule has 1 aliphatic carbocycles. The van der Waals surface area contributed by atoms with Crippen molar-refractivity contribution in [2.45, 2.75) is 32.6 Å². The van der Waals surface area contributed by atoms with E-state index in [0.717, 1.165) is 5.70 Å². The van der Waals surface area contributed by atoms with Crippen LogP contribution in [0.4, 0.5) is 0 Å². The lowest BCUT2D eigenvalue weighted by Gasteiger charge is -2.45. The van der Waals surface area contributed by atoms with Crippen molar-refractivity contribution in [3.8, 4) is 6.07 Å². The van der Waals surface area contributed by atoms with E-state index in [2.05, 4.69) is 19.9 Å². The maximum absolute atomic E-state index is 13.2. The van der Waals surface area contributed by atoms with E-state index in [9.17, 15) is 10.1 Å². The van der Waals surface area contributed by atoms with Crippen molar-refractivity contribution >= 4 is 29.0 Å². The molecule has 0 radical (unpaired) electrons. The van der Waals surface area contributed by atoms with Crippen LogP contribution in [0.3, 0.4) is 0 Å². The van der Waals surface area contributed by atoms with Crippen molar-refractivity contribution in [1.29, 1.82) is 5.26 Å². The second-order valence-electron chi connectivity index (χ2n) is 7.97. The van der Waals surface area contributed by atoms with Gasteiger partial charge in [0.1, 0.15) is 5.82 Å². The Morgan fingerprint density at radius 3 is 2.52 bits per heavy atom. The highest BCUT2D eigenvalue weighted by molar-refractivity contribution is 6.35. The van der Waals surface area contributed by atoms with Crippen LogP contribution in [0.5, 0.6) is 0 Å². The molecule has 1 aromatic rings. The third-order valence-corrected chi connectivity index (χ3v) is 5.59. The summed E-state index contributed by atoms with van der Waals surface area (Å²) in [4.78, 5) is 13.2. The van der Waals surface area contributed by atoms with Crippen LogP contribution >= 0.6 is 23.2 Å². The maximum Gasteiger partial charge on any atom is 0.162 e. The van der Waals surface area contributed by atoms with Gasteiger partial charge in [0.15, 0.2) is 5.78 Å². The molecular weight excluding hydrogens is 383 g/mol. The average molecular weight is 405 g/mol. The van der Waals surface area contributed by atoms with Crippen LogP contribution in [-0.4, -0.2) is 29.9 Å². The number of halogens is 2. The lowest BCUT2D eigenvalue weighted by atomic mass is 9.69. The van der Waals surface area contributed by atoms with E-state index in [1.807, 2.05) is 14.1 Å². The summed E-state index contributed by atoms with van der Waals surface area (Å²) in [6, 6.07) is 7.31. The molecule has 7 heteroatoms. The van der Waals surface area contributed by atoms with E-state index in [0.29, 0.717) is 45.4 Å². The van der Waals surface area contributed by atoms with Crippen molar-refractivity contribution in [3.63, 3.8) is 0 Å². The molecule has 3 rings (SSSR count). The number of allylic oxidation sites excluding steroid dienone is 3. The van der Waals surface area contributed by atoms with Crippen LogP contribution in [0.2, 0.25) is 10.0 Å². The van der Waals surface area contributed by atoms with Gasteiger partial charge in [0.2, 0.25) is 0 Å².